The molecule has 1 fully saturated rings. The minimum absolute atomic E-state index is 0.253. The van der Waals surface area contributed by atoms with E-state index in [0.29, 0.717) is 16.7 Å². The number of imide groups is 1. The number of thioether (sulfide) groups is 1. The van der Waals surface area contributed by atoms with Crippen LogP contribution >= 0.6 is 11.8 Å². The van der Waals surface area contributed by atoms with E-state index in [2.05, 4.69) is 25.4 Å². The number of rotatable bonds is 7. The number of carbonyl (C=O) groups is 2. The summed E-state index contributed by atoms with van der Waals surface area (Å²) < 4.78 is 12.9. The Morgan fingerprint density at radius 1 is 1.13 bits per heavy atom. The van der Waals surface area contributed by atoms with Gasteiger partial charge in [-0.2, -0.15) is 0 Å². The molecule has 1 aliphatic rings. The first-order chi connectivity index (χ1) is 15.0. The maximum Gasteiger partial charge on any atom is 0.321 e. The van der Waals surface area contributed by atoms with Crippen LogP contribution in [-0.2, 0) is 4.79 Å². The fourth-order valence-electron chi connectivity index (χ4n) is 3.69. The van der Waals surface area contributed by atoms with Crippen molar-refractivity contribution >= 4 is 23.7 Å². The van der Waals surface area contributed by atoms with Crippen LogP contribution in [0.1, 0.15) is 45.1 Å². The lowest BCUT2D eigenvalue weighted by atomic mass is 9.95. The van der Waals surface area contributed by atoms with Gasteiger partial charge in [-0.1, -0.05) is 31.0 Å². The van der Waals surface area contributed by atoms with Crippen LogP contribution in [-0.4, -0.2) is 53.2 Å². The van der Waals surface area contributed by atoms with E-state index in [1.807, 2.05) is 18.2 Å². The molecule has 2 N–H and O–H groups in total. The molecule has 31 heavy (non-hydrogen) atoms. The van der Waals surface area contributed by atoms with Gasteiger partial charge in [0.15, 0.2) is 22.5 Å². The summed E-state index contributed by atoms with van der Waals surface area (Å²) in [5.41, 5.74) is 0.866. The van der Waals surface area contributed by atoms with Crippen molar-refractivity contribution in [2.75, 3.05) is 21.3 Å². The average molecular weight is 448 g/mol. The fourth-order valence-corrected chi connectivity index (χ4v) is 4.60. The number of amides is 3. The molecule has 2 aromatic rings. The van der Waals surface area contributed by atoms with Gasteiger partial charge in [-0.05, 0) is 38.0 Å². The topological polar surface area (TPSA) is 107 Å². The van der Waals surface area contributed by atoms with Crippen molar-refractivity contribution in [3.63, 3.8) is 0 Å². The lowest BCUT2D eigenvalue weighted by molar-refractivity contribution is -0.119. The number of hydrogen-bond acceptors (Lipinski definition) is 7. The van der Waals surface area contributed by atoms with E-state index in [1.54, 1.807) is 21.1 Å². The predicted molar refractivity (Wildman–Crippen MR) is 119 cm³/mol. The Hall–Kier alpha value is -2.75. The molecule has 0 spiro atoms. The number of carbonyl (C=O) groups excluding carboxylic acids is 2. The Morgan fingerprint density at radius 3 is 2.48 bits per heavy atom. The summed E-state index contributed by atoms with van der Waals surface area (Å²) in [5, 5.41) is 13.7. The lowest BCUT2D eigenvalue weighted by Gasteiger charge is -2.26. The first kappa shape index (κ1) is 22.9. The Morgan fingerprint density at radius 2 is 1.84 bits per heavy atom. The Labute approximate surface area is 186 Å². The number of aromatic nitrogens is 3. The van der Waals surface area contributed by atoms with E-state index in [-0.39, 0.29) is 11.9 Å². The molecule has 0 saturated heterocycles. The maximum atomic E-state index is 12.4. The molecule has 0 radical (unpaired) electrons. The van der Waals surface area contributed by atoms with Crippen LogP contribution in [0.4, 0.5) is 4.79 Å². The first-order valence-corrected chi connectivity index (χ1v) is 11.2. The van der Waals surface area contributed by atoms with Crippen LogP contribution in [0.5, 0.6) is 11.5 Å². The largest absolute Gasteiger partial charge is 0.493 e. The zero-order chi connectivity index (χ0) is 22.4. The summed E-state index contributed by atoms with van der Waals surface area (Å²) in [6, 6.07) is 5.39. The minimum Gasteiger partial charge on any atom is -0.493 e. The third kappa shape index (κ3) is 5.30. The van der Waals surface area contributed by atoms with Crippen molar-refractivity contribution in [1.29, 1.82) is 0 Å². The van der Waals surface area contributed by atoms with Gasteiger partial charge in [0.05, 0.1) is 19.5 Å². The van der Waals surface area contributed by atoms with Crippen molar-refractivity contribution in [3.8, 4) is 22.9 Å². The molecule has 0 bridgehead atoms. The van der Waals surface area contributed by atoms with E-state index in [1.165, 1.54) is 25.2 Å². The standard InChI is InChI=1S/C21H29N5O4S/c1-13(19(27)23-20(28)22-2)31-21-25-24-18(26(21)15-8-6-5-7-9-15)14-10-11-16(29-3)17(12-14)30-4/h10-13,15H,5-9H2,1-4H3,(H2,22,23,27,28). The van der Waals surface area contributed by atoms with Gasteiger partial charge in [0.25, 0.3) is 0 Å². The molecule has 1 saturated carbocycles. The zero-order valence-electron chi connectivity index (χ0n) is 18.3. The van der Waals surface area contributed by atoms with Crippen LogP contribution in [0.15, 0.2) is 23.4 Å². The van der Waals surface area contributed by atoms with Crippen molar-refractivity contribution in [3.05, 3.63) is 18.2 Å². The summed E-state index contributed by atoms with van der Waals surface area (Å²) >= 11 is 1.30. The minimum atomic E-state index is -0.530. The van der Waals surface area contributed by atoms with Crippen LogP contribution < -0.4 is 20.1 Å². The molecule has 1 aromatic heterocycles. The lowest BCUT2D eigenvalue weighted by Crippen LogP contribution is -2.41. The summed E-state index contributed by atoms with van der Waals surface area (Å²) in [7, 11) is 4.67. The predicted octanol–water partition coefficient (Wildman–Crippen LogP) is 3.40. The SMILES string of the molecule is CNC(=O)NC(=O)C(C)Sc1nnc(-c2ccc(OC)c(OC)c2)n1C1CCCCC1. The molecule has 9 nitrogen and oxygen atoms in total. The molecule has 3 amide bonds. The second-order valence-electron chi connectivity index (χ2n) is 7.37. The Balaban J connectivity index is 1.95. The molecule has 1 aliphatic carbocycles. The van der Waals surface area contributed by atoms with Crippen molar-refractivity contribution < 1.29 is 19.1 Å². The highest BCUT2D eigenvalue weighted by molar-refractivity contribution is 8.00. The molecule has 3 rings (SSSR count). The van der Waals surface area contributed by atoms with Gasteiger partial charge in [-0.15, -0.1) is 10.2 Å². The van der Waals surface area contributed by atoms with E-state index < -0.39 is 11.3 Å². The quantitative estimate of drug-likeness (QED) is 0.626. The second kappa shape index (κ2) is 10.5. The zero-order valence-corrected chi connectivity index (χ0v) is 19.1. The van der Waals surface area contributed by atoms with Gasteiger partial charge in [0.1, 0.15) is 0 Å². The molecule has 0 aliphatic heterocycles. The van der Waals surface area contributed by atoms with Crippen molar-refractivity contribution in [2.24, 2.45) is 0 Å². The highest BCUT2D eigenvalue weighted by atomic mass is 32.2. The van der Waals surface area contributed by atoms with Gasteiger partial charge in [-0.25, -0.2) is 4.79 Å². The number of nitrogens with zero attached hydrogens (tertiary/aromatic N) is 3. The van der Waals surface area contributed by atoms with Gasteiger partial charge in [0.2, 0.25) is 5.91 Å². The van der Waals surface area contributed by atoms with Gasteiger partial charge >= 0.3 is 6.03 Å². The molecular formula is C21H29N5O4S. The molecule has 1 heterocycles. The van der Waals surface area contributed by atoms with Crippen LogP contribution in [0.3, 0.4) is 0 Å². The second-order valence-corrected chi connectivity index (χ2v) is 8.67. The molecule has 1 atom stereocenters. The number of ether oxygens (including phenoxy) is 2. The molecule has 168 valence electrons. The van der Waals surface area contributed by atoms with E-state index in [9.17, 15) is 9.59 Å². The summed E-state index contributed by atoms with van der Waals surface area (Å²) in [6.07, 6.45) is 5.57. The molecular weight excluding hydrogens is 418 g/mol. The average Bonchev–Trinajstić information content (AvgIpc) is 3.22. The van der Waals surface area contributed by atoms with Crippen molar-refractivity contribution in [2.45, 2.75) is 55.5 Å². The summed E-state index contributed by atoms with van der Waals surface area (Å²) in [6.45, 7) is 1.75. The number of benzene rings is 1. The number of nitrogens with one attached hydrogen (secondary N) is 2. The number of hydrogen-bond donors (Lipinski definition) is 2. The Bertz CT molecular complexity index is 926. The maximum absolute atomic E-state index is 12.4. The summed E-state index contributed by atoms with van der Waals surface area (Å²) in [5.74, 6) is 1.61. The monoisotopic (exact) mass is 447 g/mol. The number of urea groups is 1. The molecule has 1 unspecified atom stereocenters. The highest BCUT2D eigenvalue weighted by Crippen LogP contribution is 2.38. The van der Waals surface area contributed by atoms with E-state index in [0.717, 1.165) is 37.1 Å². The van der Waals surface area contributed by atoms with E-state index >= 15 is 0 Å². The van der Waals surface area contributed by atoms with Crippen LogP contribution in [0, 0.1) is 0 Å². The first-order valence-electron chi connectivity index (χ1n) is 10.3. The normalized spacial score (nSPS) is 15.2. The third-order valence-corrected chi connectivity index (χ3v) is 6.42. The third-order valence-electron chi connectivity index (χ3n) is 5.36. The van der Waals surface area contributed by atoms with Crippen molar-refractivity contribution in [1.82, 2.24) is 25.4 Å². The number of methoxy groups -OCH3 is 2. The van der Waals surface area contributed by atoms with Crippen LogP contribution in [0.25, 0.3) is 11.4 Å². The van der Waals surface area contributed by atoms with Gasteiger partial charge in [0, 0.05) is 18.7 Å². The smallest absolute Gasteiger partial charge is 0.321 e. The fraction of sp³-hybridized carbons (Fsp3) is 0.524. The van der Waals surface area contributed by atoms with E-state index in [4.69, 9.17) is 9.47 Å². The molecule has 10 heteroatoms. The highest BCUT2D eigenvalue weighted by Gasteiger charge is 2.27. The Kier molecular flexibility index (Phi) is 7.78. The summed E-state index contributed by atoms with van der Waals surface area (Å²) in [4.78, 5) is 23.8. The van der Waals surface area contributed by atoms with Crippen LogP contribution in [0.2, 0.25) is 0 Å². The van der Waals surface area contributed by atoms with Gasteiger partial charge < -0.3 is 14.8 Å². The van der Waals surface area contributed by atoms with Gasteiger partial charge in [-0.3, -0.25) is 14.7 Å². The molecule has 1 aromatic carbocycles.